The van der Waals surface area contributed by atoms with Crippen molar-refractivity contribution in [3.05, 3.63) is 30.3 Å². The summed E-state index contributed by atoms with van der Waals surface area (Å²) in [6, 6.07) is 10.2. The lowest BCUT2D eigenvalue weighted by Crippen LogP contribution is -2.46. The second-order valence-corrected chi connectivity index (χ2v) is 6.17. The predicted octanol–water partition coefficient (Wildman–Crippen LogP) is 2.96. The molecule has 26 heavy (non-hydrogen) atoms. The van der Waals surface area contributed by atoms with Crippen LogP contribution >= 0.6 is 24.0 Å². The molecular weight excluding hydrogens is 443 g/mol. The molecule has 1 aromatic carbocycles. The standard InChI is InChI=1S/C19H30N4O2.HI/c1-3-20-19(23-14-10-16(11-15-23)18(24)25-2)22-13-7-12-21-17-8-5-4-6-9-17;/h4-6,8-9,16,21H,3,7,10-15H2,1-2H3,(H,20,22);1H. The van der Waals surface area contributed by atoms with Crippen molar-refractivity contribution in [3.8, 4) is 0 Å². The van der Waals surface area contributed by atoms with Gasteiger partial charge in [-0.05, 0) is 38.3 Å². The molecule has 1 saturated heterocycles. The van der Waals surface area contributed by atoms with Crippen LogP contribution in [-0.2, 0) is 9.53 Å². The highest BCUT2D eigenvalue weighted by atomic mass is 127. The van der Waals surface area contributed by atoms with E-state index in [0.29, 0.717) is 0 Å². The van der Waals surface area contributed by atoms with Gasteiger partial charge in [-0.3, -0.25) is 9.79 Å². The summed E-state index contributed by atoms with van der Waals surface area (Å²) in [5.41, 5.74) is 1.14. The second kappa shape index (κ2) is 12.8. The van der Waals surface area contributed by atoms with E-state index in [1.807, 2.05) is 18.2 Å². The van der Waals surface area contributed by atoms with Crippen LogP contribution in [0.15, 0.2) is 35.3 Å². The molecule has 0 atom stereocenters. The Hall–Kier alpha value is -1.51. The first kappa shape index (κ1) is 22.5. The SMILES string of the molecule is CCNC(=NCCCNc1ccccc1)N1CCC(C(=O)OC)CC1.I. The van der Waals surface area contributed by atoms with E-state index in [4.69, 9.17) is 9.73 Å². The number of methoxy groups -OCH3 is 1. The number of likely N-dealkylation sites (tertiary alicyclic amines) is 1. The largest absolute Gasteiger partial charge is 0.469 e. The summed E-state index contributed by atoms with van der Waals surface area (Å²) in [6.07, 6.45) is 2.63. The van der Waals surface area contributed by atoms with Crippen LogP contribution in [0, 0.1) is 5.92 Å². The van der Waals surface area contributed by atoms with Crippen LogP contribution in [0.25, 0.3) is 0 Å². The quantitative estimate of drug-likeness (QED) is 0.209. The monoisotopic (exact) mass is 474 g/mol. The van der Waals surface area contributed by atoms with Crippen molar-refractivity contribution in [3.63, 3.8) is 0 Å². The molecule has 0 radical (unpaired) electrons. The van der Waals surface area contributed by atoms with Gasteiger partial charge in [-0.1, -0.05) is 18.2 Å². The number of carbonyl (C=O) groups is 1. The van der Waals surface area contributed by atoms with E-state index in [0.717, 1.165) is 63.6 Å². The molecule has 1 heterocycles. The lowest BCUT2D eigenvalue weighted by atomic mass is 9.97. The van der Waals surface area contributed by atoms with Crippen molar-refractivity contribution < 1.29 is 9.53 Å². The number of rotatable bonds is 7. The molecule has 1 aromatic rings. The highest BCUT2D eigenvalue weighted by Crippen LogP contribution is 2.18. The van der Waals surface area contributed by atoms with E-state index in [9.17, 15) is 4.79 Å². The van der Waals surface area contributed by atoms with Gasteiger partial charge in [0.25, 0.3) is 0 Å². The minimum Gasteiger partial charge on any atom is -0.469 e. The Morgan fingerprint density at radius 2 is 1.96 bits per heavy atom. The van der Waals surface area contributed by atoms with E-state index >= 15 is 0 Å². The Morgan fingerprint density at radius 3 is 2.58 bits per heavy atom. The summed E-state index contributed by atoms with van der Waals surface area (Å²) in [5.74, 6) is 0.887. The van der Waals surface area contributed by atoms with Crippen molar-refractivity contribution in [2.24, 2.45) is 10.9 Å². The molecule has 2 N–H and O–H groups in total. The van der Waals surface area contributed by atoms with Crippen LogP contribution in [0.4, 0.5) is 5.69 Å². The molecule has 0 aromatic heterocycles. The molecule has 0 aliphatic carbocycles. The molecule has 7 heteroatoms. The average molecular weight is 474 g/mol. The number of para-hydroxylation sites is 1. The third-order valence-electron chi connectivity index (χ3n) is 4.36. The molecule has 2 rings (SSSR count). The summed E-state index contributed by atoms with van der Waals surface area (Å²) in [5, 5.41) is 6.76. The van der Waals surface area contributed by atoms with Crippen LogP contribution < -0.4 is 10.6 Å². The van der Waals surface area contributed by atoms with Gasteiger partial charge in [0.05, 0.1) is 13.0 Å². The third-order valence-corrected chi connectivity index (χ3v) is 4.36. The van der Waals surface area contributed by atoms with Crippen molar-refractivity contribution in [2.75, 3.05) is 45.2 Å². The van der Waals surface area contributed by atoms with E-state index < -0.39 is 0 Å². The van der Waals surface area contributed by atoms with Crippen LogP contribution in [0.3, 0.4) is 0 Å². The van der Waals surface area contributed by atoms with E-state index in [2.05, 4.69) is 34.6 Å². The number of hydrogen-bond donors (Lipinski definition) is 2. The van der Waals surface area contributed by atoms with Gasteiger partial charge >= 0.3 is 5.97 Å². The van der Waals surface area contributed by atoms with Gasteiger partial charge in [0.2, 0.25) is 0 Å². The summed E-state index contributed by atoms with van der Waals surface area (Å²) < 4.78 is 4.85. The van der Waals surface area contributed by atoms with E-state index in [1.54, 1.807) is 0 Å². The van der Waals surface area contributed by atoms with Crippen LogP contribution in [-0.4, -0.2) is 56.7 Å². The minimum atomic E-state index is -0.0893. The van der Waals surface area contributed by atoms with Gasteiger partial charge < -0.3 is 20.3 Å². The van der Waals surface area contributed by atoms with Gasteiger partial charge in [-0.2, -0.15) is 0 Å². The maximum atomic E-state index is 11.6. The fourth-order valence-corrected chi connectivity index (χ4v) is 2.97. The molecule has 1 fully saturated rings. The van der Waals surface area contributed by atoms with Gasteiger partial charge in [-0.15, -0.1) is 24.0 Å². The molecule has 0 spiro atoms. The normalized spacial score (nSPS) is 15.2. The lowest BCUT2D eigenvalue weighted by molar-refractivity contribution is -0.146. The first-order valence-corrected chi connectivity index (χ1v) is 9.14. The van der Waals surface area contributed by atoms with E-state index in [-0.39, 0.29) is 35.9 Å². The zero-order valence-corrected chi connectivity index (χ0v) is 18.1. The highest BCUT2D eigenvalue weighted by Gasteiger charge is 2.26. The Bertz CT molecular complexity index is 546. The molecule has 0 unspecified atom stereocenters. The fraction of sp³-hybridized carbons (Fsp3) is 0.579. The van der Waals surface area contributed by atoms with E-state index in [1.165, 1.54) is 7.11 Å². The molecular formula is C19H31IN4O2. The minimum absolute atomic E-state index is 0. The highest BCUT2D eigenvalue weighted by molar-refractivity contribution is 14.0. The first-order chi connectivity index (χ1) is 12.2. The molecule has 0 amide bonds. The molecule has 0 bridgehead atoms. The van der Waals surface area contributed by atoms with Gasteiger partial charge in [0, 0.05) is 38.4 Å². The summed E-state index contributed by atoms with van der Waals surface area (Å²) in [4.78, 5) is 18.6. The number of carbonyl (C=O) groups excluding carboxylic acids is 1. The number of halogens is 1. The van der Waals surface area contributed by atoms with Crippen molar-refractivity contribution in [2.45, 2.75) is 26.2 Å². The number of aliphatic imine (C=N–C) groups is 1. The second-order valence-electron chi connectivity index (χ2n) is 6.17. The first-order valence-electron chi connectivity index (χ1n) is 9.14. The summed E-state index contributed by atoms with van der Waals surface area (Å²) in [7, 11) is 1.46. The topological polar surface area (TPSA) is 66.0 Å². The molecule has 1 aliphatic heterocycles. The Kier molecular flexibility index (Phi) is 11.1. The number of piperidine rings is 1. The zero-order valence-electron chi connectivity index (χ0n) is 15.7. The van der Waals surface area contributed by atoms with Crippen LogP contribution in [0.5, 0.6) is 0 Å². The van der Waals surface area contributed by atoms with Gasteiger partial charge in [0.15, 0.2) is 5.96 Å². The smallest absolute Gasteiger partial charge is 0.308 e. The summed E-state index contributed by atoms with van der Waals surface area (Å²) in [6.45, 7) is 6.28. The Balaban J connectivity index is 0.00000338. The number of nitrogens with zero attached hydrogens (tertiary/aromatic N) is 2. The van der Waals surface area contributed by atoms with Crippen LogP contribution in [0.1, 0.15) is 26.2 Å². The van der Waals surface area contributed by atoms with Gasteiger partial charge in [-0.25, -0.2) is 0 Å². The fourth-order valence-electron chi connectivity index (χ4n) is 2.97. The zero-order chi connectivity index (χ0) is 17.9. The number of guanidine groups is 1. The van der Waals surface area contributed by atoms with Crippen molar-refractivity contribution in [1.82, 2.24) is 10.2 Å². The third kappa shape index (κ3) is 7.39. The van der Waals surface area contributed by atoms with Crippen molar-refractivity contribution >= 4 is 41.6 Å². The number of hydrogen-bond acceptors (Lipinski definition) is 4. The average Bonchev–Trinajstić information content (AvgIpc) is 2.67. The summed E-state index contributed by atoms with van der Waals surface area (Å²) >= 11 is 0. The van der Waals surface area contributed by atoms with Crippen molar-refractivity contribution in [1.29, 1.82) is 0 Å². The number of nitrogens with one attached hydrogen (secondary N) is 2. The molecule has 146 valence electrons. The number of ether oxygens (including phenoxy) is 1. The number of esters is 1. The maximum Gasteiger partial charge on any atom is 0.308 e. The lowest BCUT2D eigenvalue weighted by Gasteiger charge is -2.33. The number of benzene rings is 1. The molecule has 0 saturated carbocycles. The van der Waals surface area contributed by atoms with Crippen LogP contribution in [0.2, 0.25) is 0 Å². The maximum absolute atomic E-state index is 11.6. The molecule has 1 aliphatic rings. The Morgan fingerprint density at radius 1 is 1.27 bits per heavy atom. The predicted molar refractivity (Wildman–Crippen MR) is 117 cm³/mol. The van der Waals surface area contributed by atoms with Gasteiger partial charge in [0.1, 0.15) is 0 Å². The molecule has 6 nitrogen and oxygen atoms in total. The Labute approximate surface area is 173 Å². The number of anilines is 1.